The van der Waals surface area contributed by atoms with E-state index in [0.29, 0.717) is 25.7 Å². The van der Waals surface area contributed by atoms with Crippen LogP contribution in [-0.4, -0.2) is 23.1 Å². The Kier molecular flexibility index (Phi) is 9.51. The fourth-order valence-electron chi connectivity index (χ4n) is 1.85. The van der Waals surface area contributed by atoms with E-state index in [4.69, 9.17) is 19.6 Å². The first-order valence-electron chi connectivity index (χ1n) is 8.68. The van der Waals surface area contributed by atoms with Gasteiger partial charge in [-0.05, 0) is 67.2 Å². The minimum Gasteiger partial charge on any atom is -0.298 e. The van der Waals surface area contributed by atoms with E-state index in [9.17, 15) is 9.59 Å². The van der Waals surface area contributed by atoms with Gasteiger partial charge in [-0.1, -0.05) is 13.8 Å². The summed E-state index contributed by atoms with van der Waals surface area (Å²) in [6.45, 7) is 14.6. The van der Waals surface area contributed by atoms with E-state index < -0.39 is 23.1 Å². The van der Waals surface area contributed by atoms with Gasteiger partial charge in [-0.15, -0.1) is 0 Å². The Morgan fingerprint density at radius 1 is 0.708 bits per heavy atom. The van der Waals surface area contributed by atoms with E-state index in [0.717, 1.165) is 0 Å². The maximum atomic E-state index is 12.1. The van der Waals surface area contributed by atoms with Crippen molar-refractivity contribution in [1.29, 1.82) is 0 Å². The molecule has 0 amide bonds. The van der Waals surface area contributed by atoms with Crippen LogP contribution in [0.3, 0.4) is 0 Å². The zero-order valence-electron chi connectivity index (χ0n) is 16.4. The summed E-state index contributed by atoms with van der Waals surface area (Å²) >= 11 is 0. The zero-order valence-corrected chi connectivity index (χ0v) is 16.4. The Balaban J connectivity index is 4.46. The molecule has 0 heterocycles. The van der Waals surface area contributed by atoms with E-state index >= 15 is 0 Å². The molecule has 0 aromatic rings. The largest absolute Gasteiger partial charge is 0.345 e. The van der Waals surface area contributed by atoms with Crippen LogP contribution in [0.4, 0.5) is 0 Å². The normalized spacial score (nSPS) is 14.8. The van der Waals surface area contributed by atoms with Gasteiger partial charge in [-0.25, -0.2) is 9.59 Å². The maximum absolute atomic E-state index is 12.1. The SMILES string of the molecule is CCC(CCC(CC)C(=O)OOC(C)(C)C)C(=O)OOC(C)(C)C. The van der Waals surface area contributed by atoms with Gasteiger partial charge in [0, 0.05) is 0 Å². The molecule has 0 aromatic heterocycles. The summed E-state index contributed by atoms with van der Waals surface area (Å²) in [6.07, 6.45) is 2.31. The lowest BCUT2D eigenvalue weighted by Gasteiger charge is -2.21. The summed E-state index contributed by atoms with van der Waals surface area (Å²) in [5.74, 6) is -1.42. The van der Waals surface area contributed by atoms with Gasteiger partial charge in [0.15, 0.2) is 0 Å². The molecule has 0 aliphatic heterocycles. The Labute approximate surface area is 146 Å². The highest BCUT2D eigenvalue weighted by molar-refractivity contribution is 5.73. The summed E-state index contributed by atoms with van der Waals surface area (Å²) in [5, 5.41) is 0. The molecule has 24 heavy (non-hydrogen) atoms. The number of hydrogen-bond donors (Lipinski definition) is 0. The summed E-state index contributed by atoms with van der Waals surface area (Å²) in [4.78, 5) is 44.1. The van der Waals surface area contributed by atoms with Crippen LogP contribution in [0.25, 0.3) is 0 Å². The first-order valence-corrected chi connectivity index (χ1v) is 8.68. The monoisotopic (exact) mass is 346 g/mol. The summed E-state index contributed by atoms with van der Waals surface area (Å²) in [5.41, 5.74) is -1.10. The van der Waals surface area contributed by atoms with Crippen molar-refractivity contribution in [2.75, 3.05) is 0 Å². The smallest absolute Gasteiger partial charge is 0.298 e. The van der Waals surface area contributed by atoms with E-state index in [1.165, 1.54) is 0 Å². The summed E-state index contributed by atoms with van der Waals surface area (Å²) < 4.78 is 0. The van der Waals surface area contributed by atoms with E-state index in [2.05, 4.69) is 0 Å². The molecule has 6 nitrogen and oxygen atoms in total. The Morgan fingerprint density at radius 2 is 1.00 bits per heavy atom. The van der Waals surface area contributed by atoms with Gasteiger partial charge in [0.1, 0.15) is 11.2 Å². The highest BCUT2D eigenvalue weighted by Gasteiger charge is 2.27. The molecule has 0 aliphatic carbocycles. The zero-order chi connectivity index (χ0) is 19.0. The average Bonchev–Trinajstić information content (AvgIpc) is 2.45. The van der Waals surface area contributed by atoms with Crippen molar-refractivity contribution in [3.63, 3.8) is 0 Å². The van der Waals surface area contributed by atoms with Crippen LogP contribution >= 0.6 is 0 Å². The molecule has 2 atom stereocenters. The lowest BCUT2D eigenvalue weighted by atomic mass is 9.93. The van der Waals surface area contributed by atoms with Gasteiger partial charge in [0.25, 0.3) is 0 Å². The van der Waals surface area contributed by atoms with E-state index in [1.54, 1.807) is 41.5 Å². The number of hydrogen-bond acceptors (Lipinski definition) is 6. The maximum Gasteiger partial charge on any atom is 0.345 e. The fourth-order valence-corrected chi connectivity index (χ4v) is 1.85. The molecule has 0 saturated carbocycles. The second-order valence-corrected chi connectivity index (χ2v) is 7.98. The van der Waals surface area contributed by atoms with Gasteiger partial charge in [-0.2, -0.15) is 9.78 Å². The molecule has 0 rings (SSSR count). The van der Waals surface area contributed by atoms with Crippen LogP contribution < -0.4 is 0 Å². The fraction of sp³-hybridized carbons (Fsp3) is 0.889. The van der Waals surface area contributed by atoms with Crippen LogP contribution in [0.15, 0.2) is 0 Å². The van der Waals surface area contributed by atoms with Crippen molar-refractivity contribution >= 4 is 11.9 Å². The van der Waals surface area contributed by atoms with E-state index in [-0.39, 0.29) is 11.8 Å². The Morgan fingerprint density at radius 3 is 1.21 bits per heavy atom. The van der Waals surface area contributed by atoms with Crippen molar-refractivity contribution < 1.29 is 29.1 Å². The van der Waals surface area contributed by atoms with Crippen LogP contribution in [0, 0.1) is 11.8 Å². The van der Waals surface area contributed by atoms with Gasteiger partial charge in [0.2, 0.25) is 0 Å². The molecular formula is C18H34O6. The lowest BCUT2D eigenvalue weighted by molar-refractivity contribution is -0.324. The first-order chi connectivity index (χ1) is 10.9. The molecule has 0 saturated heterocycles. The third-order valence-corrected chi connectivity index (χ3v) is 3.26. The standard InChI is InChI=1S/C18H34O6/c1-9-13(15(19)21-23-17(3,4)5)11-12-14(10-2)16(20)22-24-18(6,7)8/h13-14H,9-12H2,1-8H3. The van der Waals surface area contributed by atoms with Gasteiger partial charge < -0.3 is 0 Å². The molecule has 0 fully saturated rings. The molecule has 0 N–H and O–H groups in total. The van der Waals surface area contributed by atoms with Gasteiger partial charge >= 0.3 is 11.9 Å². The van der Waals surface area contributed by atoms with Crippen LogP contribution in [-0.2, 0) is 29.1 Å². The molecule has 0 spiro atoms. The quantitative estimate of drug-likeness (QED) is 0.456. The molecule has 0 bridgehead atoms. The molecule has 0 radical (unpaired) electrons. The van der Waals surface area contributed by atoms with Crippen molar-refractivity contribution in [2.45, 2.75) is 92.3 Å². The molecule has 0 aliphatic rings. The van der Waals surface area contributed by atoms with Crippen LogP contribution in [0.2, 0.25) is 0 Å². The topological polar surface area (TPSA) is 71.1 Å². The Bertz CT molecular complexity index is 353. The third-order valence-electron chi connectivity index (χ3n) is 3.26. The second-order valence-electron chi connectivity index (χ2n) is 7.98. The van der Waals surface area contributed by atoms with Crippen LogP contribution in [0.5, 0.6) is 0 Å². The molecule has 6 heteroatoms. The van der Waals surface area contributed by atoms with Gasteiger partial charge in [-0.3, -0.25) is 9.78 Å². The summed E-state index contributed by atoms with van der Waals surface area (Å²) in [7, 11) is 0. The minimum absolute atomic E-state index is 0.308. The van der Waals surface area contributed by atoms with Crippen molar-refractivity contribution in [3.8, 4) is 0 Å². The number of rotatable bonds is 9. The second kappa shape index (κ2) is 9.99. The van der Waals surface area contributed by atoms with Gasteiger partial charge in [0.05, 0.1) is 11.8 Å². The lowest BCUT2D eigenvalue weighted by Crippen LogP contribution is -2.27. The number of carbonyl (C=O) groups excluding carboxylic acids is 2. The molecule has 0 aromatic carbocycles. The van der Waals surface area contributed by atoms with Crippen molar-refractivity contribution in [1.82, 2.24) is 0 Å². The predicted octanol–water partition coefficient (Wildman–Crippen LogP) is 4.37. The van der Waals surface area contributed by atoms with E-state index in [1.807, 2.05) is 13.8 Å². The first kappa shape index (κ1) is 22.9. The average molecular weight is 346 g/mol. The third kappa shape index (κ3) is 10.6. The summed E-state index contributed by atoms with van der Waals surface area (Å²) in [6, 6.07) is 0. The Hall–Kier alpha value is -1.14. The molecular weight excluding hydrogens is 312 g/mol. The number of carbonyl (C=O) groups is 2. The van der Waals surface area contributed by atoms with Crippen molar-refractivity contribution in [3.05, 3.63) is 0 Å². The molecule has 142 valence electrons. The predicted molar refractivity (Wildman–Crippen MR) is 90.7 cm³/mol. The molecule has 2 unspecified atom stereocenters. The van der Waals surface area contributed by atoms with Crippen molar-refractivity contribution in [2.24, 2.45) is 11.8 Å². The highest BCUT2D eigenvalue weighted by Crippen LogP contribution is 2.22. The highest BCUT2D eigenvalue weighted by atomic mass is 17.2. The van der Waals surface area contributed by atoms with Crippen LogP contribution in [0.1, 0.15) is 81.1 Å². The minimum atomic E-state index is -0.548.